The van der Waals surface area contributed by atoms with Gasteiger partial charge in [0.25, 0.3) is 5.91 Å². The van der Waals surface area contributed by atoms with Gasteiger partial charge in [-0.05, 0) is 43.4 Å². The molecule has 3 rings (SSSR count). The maximum absolute atomic E-state index is 12.7. The fraction of sp³-hybridized carbons (Fsp3) is 0.389. The van der Waals surface area contributed by atoms with Crippen molar-refractivity contribution in [1.29, 1.82) is 0 Å². The topological polar surface area (TPSA) is 75.4 Å². The van der Waals surface area contributed by atoms with E-state index >= 15 is 0 Å². The third-order valence-corrected chi connectivity index (χ3v) is 4.71. The average molecular weight is 362 g/mol. The Labute approximate surface area is 151 Å². The van der Waals surface area contributed by atoms with E-state index in [1.165, 1.54) is 0 Å². The molecule has 1 aliphatic heterocycles. The zero-order valence-corrected chi connectivity index (χ0v) is 14.5. The van der Waals surface area contributed by atoms with Crippen molar-refractivity contribution in [2.24, 2.45) is 5.92 Å². The molecule has 132 valence electrons. The number of nitrogens with zero attached hydrogens (tertiary/aromatic N) is 3. The van der Waals surface area contributed by atoms with Crippen LogP contribution in [0.5, 0.6) is 0 Å². The van der Waals surface area contributed by atoms with Crippen LogP contribution >= 0.6 is 11.6 Å². The van der Waals surface area contributed by atoms with Crippen LogP contribution in [0.2, 0.25) is 5.02 Å². The largest absolute Gasteiger partial charge is 0.481 e. The number of aliphatic carboxylic acids is 1. The summed E-state index contributed by atoms with van der Waals surface area (Å²) in [6.07, 6.45) is 5.90. The van der Waals surface area contributed by atoms with E-state index in [9.17, 15) is 9.59 Å². The highest BCUT2D eigenvalue weighted by atomic mass is 35.5. The molecule has 2 heterocycles. The van der Waals surface area contributed by atoms with E-state index in [4.69, 9.17) is 16.7 Å². The Bertz CT molecular complexity index is 774. The summed E-state index contributed by atoms with van der Waals surface area (Å²) in [6.45, 7) is 1.30. The summed E-state index contributed by atoms with van der Waals surface area (Å²) in [5.74, 6) is -0.601. The molecule has 0 radical (unpaired) electrons. The molecule has 1 aromatic heterocycles. The summed E-state index contributed by atoms with van der Waals surface area (Å²) in [7, 11) is 0. The first-order chi connectivity index (χ1) is 12.0. The van der Waals surface area contributed by atoms with Gasteiger partial charge < -0.3 is 10.0 Å². The zero-order chi connectivity index (χ0) is 17.8. The summed E-state index contributed by atoms with van der Waals surface area (Å²) in [5, 5.41) is 13.7. The number of carbonyl (C=O) groups excluding carboxylic acids is 1. The lowest BCUT2D eigenvalue weighted by Crippen LogP contribution is -2.39. The average Bonchev–Trinajstić information content (AvgIpc) is 3.10. The summed E-state index contributed by atoms with van der Waals surface area (Å²) in [6, 6.07) is 7.27. The van der Waals surface area contributed by atoms with Crippen LogP contribution in [0.3, 0.4) is 0 Å². The van der Waals surface area contributed by atoms with Gasteiger partial charge in [0.2, 0.25) is 0 Å². The van der Waals surface area contributed by atoms with Crippen LogP contribution in [0.4, 0.5) is 0 Å². The number of likely N-dealkylation sites (tertiary alicyclic amines) is 1. The monoisotopic (exact) mass is 361 g/mol. The molecule has 1 fully saturated rings. The lowest BCUT2D eigenvalue weighted by atomic mass is 9.93. The number of hydrogen-bond donors (Lipinski definition) is 1. The number of rotatable bonds is 5. The molecule has 7 heteroatoms. The fourth-order valence-corrected chi connectivity index (χ4v) is 3.37. The van der Waals surface area contributed by atoms with E-state index in [-0.39, 0.29) is 18.2 Å². The summed E-state index contributed by atoms with van der Waals surface area (Å²) in [4.78, 5) is 25.3. The molecule has 6 nitrogen and oxygen atoms in total. The van der Waals surface area contributed by atoms with Gasteiger partial charge in [-0.25, -0.2) is 4.68 Å². The Morgan fingerprint density at radius 2 is 2.20 bits per heavy atom. The van der Waals surface area contributed by atoms with Crippen LogP contribution in [-0.2, 0) is 4.79 Å². The molecule has 1 amide bonds. The van der Waals surface area contributed by atoms with Crippen molar-refractivity contribution in [1.82, 2.24) is 14.7 Å². The van der Waals surface area contributed by atoms with E-state index in [0.717, 1.165) is 18.5 Å². The molecule has 1 atom stereocenters. The number of hydrogen-bond acceptors (Lipinski definition) is 3. The third-order valence-electron chi connectivity index (χ3n) is 4.47. The predicted molar refractivity (Wildman–Crippen MR) is 94.1 cm³/mol. The van der Waals surface area contributed by atoms with Gasteiger partial charge in [-0.3, -0.25) is 9.59 Å². The molecule has 1 aromatic carbocycles. The van der Waals surface area contributed by atoms with E-state index < -0.39 is 5.97 Å². The Morgan fingerprint density at radius 1 is 1.36 bits per heavy atom. The number of carboxylic acid groups (broad SMARTS) is 1. The molecule has 1 unspecified atom stereocenters. The first-order valence-corrected chi connectivity index (χ1v) is 8.72. The van der Waals surface area contributed by atoms with Gasteiger partial charge in [-0.2, -0.15) is 5.10 Å². The van der Waals surface area contributed by atoms with Crippen LogP contribution in [0.25, 0.3) is 5.69 Å². The highest BCUT2D eigenvalue weighted by molar-refractivity contribution is 6.30. The van der Waals surface area contributed by atoms with Gasteiger partial charge in [-0.15, -0.1) is 0 Å². The summed E-state index contributed by atoms with van der Waals surface area (Å²) >= 11 is 6.00. The van der Waals surface area contributed by atoms with Gasteiger partial charge >= 0.3 is 5.97 Å². The number of benzene rings is 1. The summed E-state index contributed by atoms with van der Waals surface area (Å²) in [5.41, 5.74) is 1.32. The van der Waals surface area contributed by atoms with Gasteiger partial charge in [0.15, 0.2) is 0 Å². The molecule has 0 bridgehead atoms. The van der Waals surface area contributed by atoms with Crippen molar-refractivity contribution in [3.05, 3.63) is 47.2 Å². The molecule has 1 aliphatic rings. The Hall–Kier alpha value is -2.34. The zero-order valence-electron chi connectivity index (χ0n) is 13.8. The van der Waals surface area contributed by atoms with Crippen molar-refractivity contribution < 1.29 is 14.7 Å². The van der Waals surface area contributed by atoms with Gasteiger partial charge in [0, 0.05) is 30.7 Å². The smallest absolute Gasteiger partial charge is 0.303 e. The standard InChI is InChI=1S/C18H20ClN3O3/c19-15-4-1-5-16(9-15)22-12-14(10-20-22)18(25)21-8-2-3-13(11-21)6-7-17(23)24/h1,4-5,9-10,12-13H,2-3,6-8,11H2,(H,23,24). The van der Waals surface area contributed by atoms with Crippen LogP contribution in [0, 0.1) is 5.92 Å². The molecule has 1 N–H and O–H groups in total. The highest BCUT2D eigenvalue weighted by Gasteiger charge is 2.25. The first kappa shape index (κ1) is 17.5. The number of carbonyl (C=O) groups is 2. The van der Waals surface area contributed by atoms with E-state index in [0.29, 0.717) is 30.1 Å². The van der Waals surface area contributed by atoms with Crippen LogP contribution < -0.4 is 0 Å². The van der Waals surface area contributed by atoms with Crippen molar-refractivity contribution in [2.45, 2.75) is 25.7 Å². The van der Waals surface area contributed by atoms with Crippen LogP contribution in [0.15, 0.2) is 36.7 Å². The highest BCUT2D eigenvalue weighted by Crippen LogP contribution is 2.23. The summed E-state index contributed by atoms with van der Waals surface area (Å²) < 4.78 is 1.63. The molecule has 0 spiro atoms. The second-order valence-corrected chi connectivity index (χ2v) is 6.78. The molecule has 0 aliphatic carbocycles. The van der Waals surface area contributed by atoms with Crippen molar-refractivity contribution in [3.8, 4) is 5.69 Å². The molecule has 25 heavy (non-hydrogen) atoms. The van der Waals surface area contributed by atoms with Crippen LogP contribution in [0.1, 0.15) is 36.0 Å². The first-order valence-electron chi connectivity index (χ1n) is 8.34. The molecule has 1 saturated heterocycles. The van der Waals surface area contributed by atoms with Crippen molar-refractivity contribution in [2.75, 3.05) is 13.1 Å². The number of halogens is 1. The molecular formula is C18H20ClN3O3. The predicted octanol–water partition coefficient (Wildman–Crippen LogP) is 3.24. The minimum atomic E-state index is -0.786. The second-order valence-electron chi connectivity index (χ2n) is 6.35. The number of carboxylic acids is 1. The fourth-order valence-electron chi connectivity index (χ4n) is 3.19. The lowest BCUT2D eigenvalue weighted by Gasteiger charge is -2.32. The van der Waals surface area contributed by atoms with Gasteiger partial charge in [-0.1, -0.05) is 17.7 Å². The maximum Gasteiger partial charge on any atom is 0.303 e. The van der Waals surface area contributed by atoms with Crippen LogP contribution in [-0.4, -0.2) is 44.8 Å². The molecule has 0 saturated carbocycles. The van der Waals surface area contributed by atoms with Gasteiger partial charge in [0.05, 0.1) is 17.4 Å². The maximum atomic E-state index is 12.7. The van der Waals surface area contributed by atoms with E-state index in [1.807, 2.05) is 12.1 Å². The Morgan fingerprint density at radius 3 is 2.96 bits per heavy atom. The number of amides is 1. The van der Waals surface area contributed by atoms with E-state index in [1.54, 1.807) is 34.1 Å². The lowest BCUT2D eigenvalue weighted by molar-refractivity contribution is -0.137. The van der Waals surface area contributed by atoms with Crippen molar-refractivity contribution >= 4 is 23.5 Å². The molecular weight excluding hydrogens is 342 g/mol. The number of piperidine rings is 1. The SMILES string of the molecule is O=C(O)CCC1CCCN(C(=O)c2cnn(-c3cccc(Cl)c3)c2)C1. The minimum Gasteiger partial charge on any atom is -0.481 e. The Kier molecular flexibility index (Phi) is 5.38. The Balaban J connectivity index is 1.67. The molecule has 2 aromatic rings. The normalized spacial score (nSPS) is 17.5. The van der Waals surface area contributed by atoms with Gasteiger partial charge in [0.1, 0.15) is 0 Å². The third kappa shape index (κ3) is 4.39. The second kappa shape index (κ2) is 7.70. The number of aromatic nitrogens is 2. The van der Waals surface area contributed by atoms with Crippen molar-refractivity contribution in [3.63, 3.8) is 0 Å². The quantitative estimate of drug-likeness (QED) is 0.887. The minimum absolute atomic E-state index is 0.0618. The van der Waals surface area contributed by atoms with E-state index in [2.05, 4.69) is 5.10 Å².